The summed E-state index contributed by atoms with van der Waals surface area (Å²) in [6.07, 6.45) is 6.74. The summed E-state index contributed by atoms with van der Waals surface area (Å²) in [7, 11) is 2.00. The highest BCUT2D eigenvalue weighted by Gasteiger charge is 2.25. The van der Waals surface area contributed by atoms with Gasteiger partial charge in [0.05, 0.1) is 6.04 Å². The number of carbonyl (C=O) groups excluding carboxylic acids is 3. The highest BCUT2D eigenvalue weighted by molar-refractivity contribution is 6.39. The number of aryl methyl sites for hydroxylation is 1. The summed E-state index contributed by atoms with van der Waals surface area (Å²) in [4.78, 5) is 38.3. The van der Waals surface area contributed by atoms with Crippen LogP contribution in [0.4, 0.5) is 11.4 Å². The van der Waals surface area contributed by atoms with Gasteiger partial charge in [-0.2, -0.15) is 0 Å². The van der Waals surface area contributed by atoms with Gasteiger partial charge in [0.1, 0.15) is 0 Å². The highest BCUT2D eigenvalue weighted by atomic mass is 16.2. The molecule has 1 aliphatic heterocycles. The van der Waals surface area contributed by atoms with E-state index in [1.165, 1.54) is 19.8 Å². The normalized spacial score (nSPS) is 15.5. The number of rotatable bonds is 6. The summed E-state index contributed by atoms with van der Waals surface area (Å²) in [6, 6.07) is 10.7. The van der Waals surface area contributed by atoms with Crippen LogP contribution in [0.25, 0.3) is 0 Å². The molecule has 31 heavy (non-hydrogen) atoms. The third kappa shape index (κ3) is 6.42. The Morgan fingerprint density at radius 3 is 2.06 bits per heavy atom. The molecule has 1 saturated heterocycles. The molecule has 0 bridgehead atoms. The van der Waals surface area contributed by atoms with E-state index >= 15 is 0 Å². The van der Waals surface area contributed by atoms with Crippen LogP contribution in [0.3, 0.4) is 0 Å². The second-order valence-corrected chi connectivity index (χ2v) is 7.93. The van der Waals surface area contributed by atoms with Crippen LogP contribution in [0.15, 0.2) is 42.6 Å². The van der Waals surface area contributed by atoms with E-state index in [1.807, 2.05) is 19.3 Å². The number of aromatic nitrogens is 1. The molecule has 0 radical (unpaired) electrons. The van der Waals surface area contributed by atoms with E-state index in [9.17, 15) is 14.4 Å². The minimum atomic E-state index is -0.714. The first-order valence-corrected chi connectivity index (χ1v) is 10.8. The van der Waals surface area contributed by atoms with Crippen molar-refractivity contribution >= 4 is 29.1 Å². The molecule has 0 aliphatic carbocycles. The second-order valence-electron chi connectivity index (χ2n) is 7.93. The largest absolute Gasteiger partial charge is 0.353 e. The summed E-state index contributed by atoms with van der Waals surface area (Å²) in [5, 5.41) is 8.07. The van der Waals surface area contributed by atoms with Crippen molar-refractivity contribution in [1.29, 1.82) is 0 Å². The molecular formula is C23H31N5O3. The minimum Gasteiger partial charge on any atom is -0.353 e. The van der Waals surface area contributed by atoms with Gasteiger partial charge in [0, 0.05) is 43.8 Å². The van der Waals surface area contributed by atoms with Crippen LogP contribution in [0.2, 0.25) is 0 Å². The van der Waals surface area contributed by atoms with Gasteiger partial charge in [-0.15, -0.1) is 0 Å². The molecule has 3 N–H and O–H groups in total. The van der Waals surface area contributed by atoms with Crippen molar-refractivity contribution in [2.75, 3.05) is 30.3 Å². The number of nitrogens with zero attached hydrogens (tertiary/aromatic N) is 2. The Kier molecular flexibility index (Phi) is 7.83. The van der Waals surface area contributed by atoms with Crippen LogP contribution in [0.5, 0.6) is 0 Å². The average Bonchev–Trinajstić information content (AvgIpc) is 2.99. The van der Waals surface area contributed by atoms with Gasteiger partial charge in [-0.3, -0.25) is 19.3 Å². The molecule has 8 nitrogen and oxygen atoms in total. The average molecular weight is 426 g/mol. The van der Waals surface area contributed by atoms with Gasteiger partial charge >= 0.3 is 11.8 Å². The summed E-state index contributed by atoms with van der Waals surface area (Å²) >= 11 is 0. The smallest absolute Gasteiger partial charge is 0.313 e. The molecule has 1 aromatic heterocycles. The van der Waals surface area contributed by atoms with Crippen molar-refractivity contribution in [2.45, 2.75) is 38.6 Å². The number of hydrogen-bond acceptors (Lipinski definition) is 4. The van der Waals surface area contributed by atoms with Crippen LogP contribution in [-0.4, -0.2) is 46.8 Å². The number of benzene rings is 1. The van der Waals surface area contributed by atoms with Crippen molar-refractivity contribution in [1.82, 2.24) is 14.8 Å². The predicted octanol–water partition coefficient (Wildman–Crippen LogP) is 2.66. The first kappa shape index (κ1) is 22.6. The van der Waals surface area contributed by atoms with Crippen LogP contribution in [0.1, 0.15) is 44.3 Å². The maximum atomic E-state index is 12.5. The molecule has 1 atom stereocenters. The summed E-state index contributed by atoms with van der Waals surface area (Å²) in [6.45, 7) is 3.76. The minimum absolute atomic E-state index is 0.0202. The predicted molar refractivity (Wildman–Crippen MR) is 121 cm³/mol. The SMILES string of the molecule is CC(=O)Nc1ccc(NC(=O)C(=O)NCC(c2cccn2C)N2CCCCCC2)cc1. The third-order valence-electron chi connectivity index (χ3n) is 5.53. The standard InChI is InChI=1S/C23H31N5O3/c1-17(29)25-18-9-11-19(12-10-18)26-23(31)22(30)24-16-21(20-8-7-13-27(20)2)28-14-5-3-4-6-15-28/h7-13,21H,3-6,14-16H2,1-2H3,(H,24,30)(H,25,29)(H,26,31). The van der Waals surface area contributed by atoms with E-state index in [1.54, 1.807) is 24.3 Å². The zero-order valence-corrected chi connectivity index (χ0v) is 18.2. The molecule has 3 amide bonds. The molecule has 0 saturated carbocycles. The zero-order chi connectivity index (χ0) is 22.2. The quantitative estimate of drug-likeness (QED) is 0.620. The van der Waals surface area contributed by atoms with Crippen LogP contribution >= 0.6 is 0 Å². The van der Waals surface area contributed by atoms with Gasteiger partial charge < -0.3 is 20.5 Å². The second kappa shape index (κ2) is 10.8. The lowest BCUT2D eigenvalue weighted by atomic mass is 10.1. The fourth-order valence-electron chi connectivity index (χ4n) is 3.95. The Balaban J connectivity index is 1.60. The van der Waals surface area contributed by atoms with Crippen molar-refractivity contribution in [3.8, 4) is 0 Å². The van der Waals surface area contributed by atoms with Gasteiger partial charge in [-0.1, -0.05) is 12.8 Å². The van der Waals surface area contributed by atoms with Crippen molar-refractivity contribution < 1.29 is 14.4 Å². The molecule has 1 unspecified atom stereocenters. The lowest BCUT2D eigenvalue weighted by Gasteiger charge is -2.31. The number of carbonyl (C=O) groups is 3. The van der Waals surface area contributed by atoms with Crippen LogP contribution < -0.4 is 16.0 Å². The maximum absolute atomic E-state index is 12.5. The summed E-state index contributed by atoms with van der Waals surface area (Å²) in [5.41, 5.74) is 2.23. The Morgan fingerprint density at radius 1 is 0.903 bits per heavy atom. The van der Waals surface area contributed by atoms with E-state index in [2.05, 4.69) is 31.5 Å². The van der Waals surface area contributed by atoms with E-state index < -0.39 is 11.8 Å². The Morgan fingerprint density at radius 2 is 1.52 bits per heavy atom. The molecule has 1 fully saturated rings. The topological polar surface area (TPSA) is 95.5 Å². The molecule has 0 spiro atoms. The van der Waals surface area contributed by atoms with Gasteiger partial charge in [0.2, 0.25) is 5.91 Å². The first-order chi connectivity index (χ1) is 14.9. The molecule has 3 rings (SSSR count). The van der Waals surface area contributed by atoms with Gasteiger partial charge in [-0.05, 0) is 62.3 Å². The third-order valence-corrected chi connectivity index (χ3v) is 5.53. The maximum Gasteiger partial charge on any atom is 0.313 e. The number of nitrogens with one attached hydrogen (secondary N) is 3. The molecule has 1 aromatic carbocycles. The van der Waals surface area contributed by atoms with Gasteiger partial charge in [0.15, 0.2) is 0 Å². The zero-order valence-electron chi connectivity index (χ0n) is 18.2. The van der Waals surface area contributed by atoms with Crippen LogP contribution in [0, 0.1) is 0 Å². The van der Waals surface area contributed by atoms with Gasteiger partial charge in [-0.25, -0.2) is 0 Å². The highest BCUT2D eigenvalue weighted by Crippen LogP contribution is 2.24. The van der Waals surface area contributed by atoms with E-state index in [0.717, 1.165) is 31.6 Å². The molecule has 166 valence electrons. The van der Waals surface area contributed by atoms with Crippen molar-refractivity contribution in [3.05, 3.63) is 48.3 Å². The number of anilines is 2. The summed E-state index contributed by atoms with van der Waals surface area (Å²) < 4.78 is 2.07. The molecule has 1 aliphatic rings. The lowest BCUT2D eigenvalue weighted by molar-refractivity contribution is -0.136. The fraction of sp³-hybridized carbons (Fsp3) is 0.435. The number of hydrogen-bond donors (Lipinski definition) is 3. The van der Waals surface area contributed by atoms with E-state index in [0.29, 0.717) is 17.9 Å². The van der Waals surface area contributed by atoms with Gasteiger partial charge in [0.25, 0.3) is 0 Å². The van der Waals surface area contributed by atoms with E-state index in [4.69, 9.17) is 0 Å². The monoisotopic (exact) mass is 425 g/mol. The Labute approximate surface area is 183 Å². The lowest BCUT2D eigenvalue weighted by Crippen LogP contribution is -2.42. The summed E-state index contributed by atoms with van der Waals surface area (Å²) in [5.74, 6) is -1.55. The molecule has 2 heterocycles. The molecule has 2 aromatic rings. The van der Waals surface area contributed by atoms with Crippen molar-refractivity contribution in [3.63, 3.8) is 0 Å². The number of amides is 3. The fourth-order valence-corrected chi connectivity index (χ4v) is 3.95. The van der Waals surface area contributed by atoms with Crippen LogP contribution in [-0.2, 0) is 21.4 Å². The molecular weight excluding hydrogens is 394 g/mol. The Bertz CT molecular complexity index is 898. The molecule has 8 heteroatoms. The first-order valence-electron chi connectivity index (χ1n) is 10.8. The van der Waals surface area contributed by atoms with Crippen molar-refractivity contribution in [2.24, 2.45) is 7.05 Å². The number of likely N-dealkylation sites (tertiary alicyclic amines) is 1. The van der Waals surface area contributed by atoms with E-state index in [-0.39, 0.29) is 11.9 Å². The Hall–Kier alpha value is -3.13.